The molecule has 2 rings (SSSR count). The molecule has 7 heteroatoms. The Kier molecular flexibility index (Phi) is 2.28. The van der Waals surface area contributed by atoms with Crippen molar-refractivity contribution in [2.75, 3.05) is 5.32 Å². The number of benzene rings is 1. The number of nitrogens with zero attached hydrogens (tertiary/aromatic N) is 3. The number of hydrogen-bond acceptors (Lipinski definition) is 5. The minimum Gasteiger partial charge on any atom is -0.337 e. The zero-order chi connectivity index (χ0) is 10.7. The molecule has 0 bridgehead atoms. The summed E-state index contributed by atoms with van der Waals surface area (Å²) < 4.78 is 0. The molecule has 0 aliphatic rings. The number of H-pyrrole nitrogens is 1. The van der Waals surface area contributed by atoms with Crippen LogP contribution in [0.3, 0.4) is 0 Å². The van der Waals surface area contributed by atoms with Crippen molar-refractivity contribution in [1.29, 1.82) is 0 Å². The van der Waals surface area contributed by atoms with Crippen molar-refractivity contribution < 1.29 is 4.92 Å². The lowest BCUT2D eigenvalue weighted by Gasteiger charge is -2.00. The lowest BCUT2D eigenvalue weighted by atomic mass is 10.3. The molecule has 0 fully saturated rings. The van der Waals surface area contributed by atoms with E-state index in [1.807, 2.05) is 0 Å². The Hall–Kier alpha value is -2.44. The van der Waals surface area contributed by atoms with Gasteiger partial charge in [-0.1, -0.05) is 0 Å². The molecule has 0 spiro atoms. The molecule has 1 aromatic heterocycles. The van der Waals surface area contributed by atoms with Gasteiger partial charge in [-0.05, 0) is 12.1 Å². The van der Waals surface area contributed by atoms with Crippen LogP contribution in [0.1, 0.15) is 0 Å². The monoisotopic (exact) mass is 205 g/mol. The lowest BCUT2D eigenvalue weighted by Crippen LogP contribution is -1.91. The first kappa shape index (κ1) is 9.13. The van der Waals surface area contributed by atoms with E-state index in [2.05, 4.69) is 20.7 Å². The Bertz CT molecular complexity index is 450. The van der Waals surface area contributed by atoms with Gasteiger partial charge in [-0.25, -0.2) is 0 Å². The molecule has 2 aromatic rings. The molecule has 0 unspecified atom stereocenters. The first-order valence-electron chi connectivity index (χ1n) is 4.13. The van der Waals surface area contributed by atoms with Crippen molar-refractivity contribution in [3.63, 3.8) is 0 Å². The molecule has 0 radical (unpaired) electrons. The average Bonchev–Trinajstić information content (AvgIpc) is 2.71. The summed E-state index contributed by atoms with van der Waals surface area (Å²) in [6.45, 7) is 0. The topological polar surface area (TPSA) is 96.7 Å². The molecule has 0 amide bonds. The number of hydrogen-bond donors (Lipinski definition) is 2. The molecule has 15 heavy (non-hydrogen) atoms. The lowest BCUT2D eigenvalue weighted by molar-refractivity contribution is -0.384. The summed E-state index contributed by atoms with van der Waals surface area (Å²) in [7, 11) is 0. The summed E-state index contributed by atoms with van der Waals surface area (Å²) in [5.74, 6) is 0.559. The van der Waals surface area contributed by atoms with Crippen LogP contribution in [-0.2, 0) is 0 Å². The van der Waals surface area contributed by atoms with Gasteiger partial charge >= 0.3 is 0 Å². The zero-order valence-electron chi connectivity index (χ0n) is 7.54. The van der Waals surface area contributed by atoms with Crippen molar-refractivity contribution in [1.82, 2.24) is 15.4 Å². The Labute approximate surface area is 84.3 Å². The average molecular weight is 205 g/mol. The second-order valence-electron chi connectivity index (χ2n) is 2.78. The SMILES string of the molecule is O=[N+]([O-])c1ccc(Nc2cn[nH]n2)cc1. The number of nitro groups is 1. The third-order valence-corrected chi connectivity index (χ3v) is 1.77. The maximum absolute atomic E-state index is 10.4. The first-order chi connectivity index (χ1) is 7.25. The molecular weight excluding hydrogens is 198 g/mol. The summed E-state index contributed by atoms with van der Waals surface area (Å²) in [5, 5.41) is 23.2. The van der Waals surface area contributed by atoms with Gasteiger partial charge in [0.15, 0.2) is 5.82 Å². The summed E-state index contributed by atoms with van der Waals surface area (Å²) in [4.78, 5) is 9.94. The van der Waals surface area contributed by atoms with Gasteiger partial charge in [0.25, 0.3) is 5.69 Å². The van der Waals surface area contributed by atoms with E-state index >= 15 is 0 Å². The highest BCUT2D eigenvalue weighted by molar-refractivity contribution is 5.56. The number of aromatic nitrogens is 3. The van der Waals surface area contributed by atoms with Gasteiger partial charge in [0.1, 0.15) is 0 Å². The number of aromatic amines is 1. The van der Waals surface area contributed by atoms with Crippen LogP contribution in [0.5, 0.6) is 0 Å². The Morgan fingerprint density at radius 1 is 1.33 bits per heavy atom. The van der Waals surface area contributed by atoms with Gasteiger partial charge in [-0.15, -0.1) is 5.10 Å². The Balaban J connectivity index is 2.14. The van der Waals surface area contributed by atoms with E-state index in [0.717, 1.165) is 5.69 Å². The summed E-state index contributed by atoms with van der Waals surface area (Å²) in [5.41, 5.74) is 0.773. The Morgan fingerprint density at radius 2 is 2.07 bits per heavy atom. The van der Waals surface area contributed by atoms with Gasteiger partial charge in [-0.2, -0.15) is 10.3 Å². The number of rotatable bonds is 3. The van der Waals surface area contributed by atoms with Crippen molar-refractivity contribution in [3.8, 4) is 0 Å². The Morgan fingerprint density at radius 3 is 2.60 bits per heavy atom. The van der Waals surface area contributed by atoms with Gasteiger partial charge in [0, 0.05) is 17.8 Å². The number of nitro benzene ring substituents is 1. The molecule has 7 nitrogen and oxygen atoms in total. The van der Waals surface area contributed by atoms with Crippen LogP contribution >= 0.6 is 0 Å². The first-order valence-corrected chi connectivity index (χ1v) is 4.13. The molecule has 0 atom stereocenters. The fraction of sp³-hybridized carbons (Fsp3) is 0. The molecule has 0 aliphatic carbocycles. The third-order valence-electron chi connectivity index (χ3n) is 1.77. The molecule has 1 aromatic carbocycles. The maximum atomic E-state index is 10.4. The standard InChI is InChI=1S/C8H7N5O2/c14-13(15)7-3-1-6(2-4-7)10-8-5-9-12-11-8/h1-5H,(H2,9,10,11,12). The molecule has 1 heterocycles. The van der Waals surface area contributed by atoms with E-state index in [0.29, 0.717) is 5.82 Å². The van der Waals surface area contributed by atoms with Gasteiger partial charge in [-0.3, -0.25) is 10.1 Å². The van der Waals surface area contributed by atoms with Gasteiger partial charge < -0.3 is 5.32 Å². The zero-order valence-corrected chi connectivity index (χ0v) is 7.54. The fourth-order valence-corrected chi connectivity index (χ4v) is 1.08. The third kappa shape index (κ3) is 2.08. The second kappa shape index (κ2) is 3.74. The molecule has 0 saturated heterocycles. The van der Waals surface area contributed by atoms with Crippen LogP contribution in [-0.4, -0.2) is 20.3 Å². The van der Waals surface area contributed by atoms with Crippen LogP contribution in [0, 0.1) is 10.1 Å². The van der Waals surface area contributed by atoms with E-state index in [9.17, 15) is 10.1 Å². The van der Waals surface area contributed by atoms with Crippen LogP contribution in [0.4, 0.5) is 17.2 Å². The largest absolute Gasteiger partial charge is 0.337 e. The summed E-state index contributed by atoms with van der Waals surface area (Å²) in [6, 6.07) is 6.05. The minimum atomic E-state index is -0.445. The van der Waals surface area contributed by atoms with Crippen molar-refractivity contribution in [3.05, 3.63) is 40.6 Å². The molecular formula is C8H7N5O2. The predicted molar refractivity (Wildman–Crippen MR) is 52.8 cm³/mol. The second-order valence-corrected chi connectivity index (χ2v) is 2.78. The van der Waals surface area contributed by atoms with Crippen LogP contribution in [0.25, 0.3) is 0 Å². The number of nitrogens with one attached hydrogen (secondary N) is 2. The highest BCUT2D eigenvalue weighted by Gasteiger charge is 2.04. The van der Waals surface area contributed by atoms with Crippen LogP contribution in [0.2, 0.25) is 0 Å². The summed E-state index contributed by atoms with van der Waals surface area (Å²) in [6.07, 6.45) is 1.52. The normalized spacial score (nSPS) is 9.87. The van der Waals surface area contributed by atoms with Gasteiger partial charge in [0.2, 0.25) is 0 Å². The molecule has 0 saturated carbocycles. The van der Waals surface area contributed by atoms with E-state index in [1.54, 1.807) is 12.1 Å². The maximum Gasteiger partial charge on any atom is 0.269 e. The van der Waals surface area contributed by atoms with Crippen LogP contribution < -0.4 is 5.32 Å². The minimum absolute atomic E-state index is 0.0562. The van der Waals surface area contributed by atoms with E-state index < -0.39 is 4.92 Å². The van der Waals surface area contributed by atoms with E-state index in [4.69, 9.17) is 0 Å². The van der Waals surface area contributed by atoms with E-state index in [1.165, 1.54) is 18.3 Å². The molecule has 0 aliphatic heterocycles. The highest BCUT2D eigenvalue weighted by atomic mass is 16.6. The molecule has 76 valence electrons. The number of non-ortho nitro benzene ring substituents is 1. The van der Waals surface area contributed by atoms with Crippen molar-refractivity contribution >= 4 is 17.2 Å². The predicted octanol–water partition coefficient (Wildman–Crippen LogP) is 1.46. The fourth-order valence-electron chi connectivity index (χ4n) is 1.08. The van der Waals surface area contributed by atoms with Gasteiger partial charge in [0.05, 0.1) is 11.1 Å². The van der Waals surface area contributed by atoms with E-state index in [-0.39, 0.29) is 5.69 Å². The number of anilines is 2. The quantitative estimate of drug-likeness (QED) is 0.584. The van der Waals surface area contributed by atoms with Crippen molar-refractivity contribution in [2.24, 2.45) is 0 Å². The smallest absolute Gasteiger partial charge is 0.269 e. The van der Waals surface area contributed by atoms with Crippen LogP contribution in [0.15, 0.2) is 30.5 Å². The summed E-state index contributed by atoms with van der Waals surface area (Å²) >= 11 is 0. The highest BCUT2D eigenvalue weighted by Crippen LogP contribution is 2.17. The van der Waals surface area contributed by atoms with Crippen molar-refractivity contribution in [2.45, 2.75) is 0 Å². The molecule has 2 N–H and O–H groups in total.